The minimum absolute atomic E-state index is 0.0321. The number of carbonyl (C=O) groups is 1. The molecule has 110 valence electrons. The number of rotatable bonds is 4. The SMILES string of the molecule is COc1ccc(C(C)=O)cc1Cn1c(C)ncc(Br)c1=O. The average molecular weight is 351 g/mol. The van der Waals surface area contributed by atoms with Crippen LogP contribution in [0.15, 0.2) is 33.7 Å². The first-order chi connectivity index (χ1) is 9.93. The van der Waals surface area contributed by atoms with Gasteiger partial charge in [0.25, 0.3) is 5.56 Å². The highest BCUT2D eigenvalue weighted by Gasteiger charge is 2.11. The average Bonchev–Trinajstić information content (AvgIpc) is 2.47. The number of carbonyl (C=O) groups excluding carboxylic acids is 1. The molecule has 0 spiro atoms. The predicted octanol–water partition coefficient (Wildman–Crippen LogP) is 2.57. The van der Waals surface area contributed by atoms with Crippen LogP contribution in [0.25, 0.3) is 0 Å². The summed E-state index contributed by atoms with van der Waals surface area (Å²) in [7, 11) is 1.56. The number of Topliss-reactive ketones (excluding diaryl/α,β-unsaturated/α-hetero) is 1. The van der Waals surface area contributed by atoms with Crippen molar-refractivity contribution in [3.63, 3.8) is 0 Å². The summed E-state index contributed by atoms with van der Waals surface area (Å²) in [6.07, 6.45) is 1.48. The molecular weight excluding hydrogens is 336 g/mol. The molecule has 0 atom stereocenters. The molecule has 0 saturated heterocycles. The number of hydrogen-bond acceptors (Lipinski definition) is 4. The van der Waals surface area contributed by atoms with E-state index in [9.17, 15) is 9.59 Å². The molecule has 0 aliphatic rings. The van der Waals surface area contributed by atoms with Crippen molar-refractivity contribution in [3.8, 4) is 5.75 Å². The van der Waals surface area contributed by atoms with Gasteiger partial charge in [0.1, 0.15) is 16.0 Å². The summed E-state index contributed by atoms with van der Waals surface area (Å²) < 4.78 is 7.23. The third-order valence-electron chi connectivity index (χ3n) is 3.22. The lowest BCUT2D eigenvalue weighted by Gasteiger charge is -2.13. The molecule has 1 aromatic heterocycles. The highest BCUT2D eigenvalue weighted by Crippen LogP contribution is 2.21. The maximum Gasteiger partial charge on any atom is 0.268 e. The van der Waals surface area contributed by atoms with Crippen LogP contribution in [0.3, 0.4) is 0 Å². The summed E-state index contributed by atoms with van der Waals surface area (Å²) >= 11 is 3.19. The second kappa shape index (κ2) is 6.22. The molecule has 21 heavy (non-hydrogen) atoms. The number of hydrogen-bond donors (Lipinski definition) is 0. The van der Waals surface area contributed by atoms with E-state index in [1.165, 1.54) is 17.7 Å². The molecule has 0 amide bonds. The van der Waals surface area contributed by atoms with Gasteiger partial charge in [-0.1, -0.05) is 0 Å². The summed E-state index contributed by atoms with van der Waals surface area (Å²) in [6.45, 7) is 3.56. The molecule has 0 bridgehead atoms. The fourth-order valence-electron chi connectivity index (χ4n) is 2.03. The topological polar surface area (TPSA) is 61.2 Å². The highest BCUT2D eigenvalue weighted by atomic mass is 79.9. The van der Waals surface area contributed by atoms with Crippen LogP contribution in [0, 0.1) is 6.92 Å². The Morgan fingerprint density at radius 3 is 2.76 bits per heavy atom. The molecule has 0 aliphatic heterocycles. The quantitative estimate of drug-likeness (QED) is 0.795. The van der Waals surface area contributed by atoms with E-state index in [1.807, 2.05) is 0 Å². The first kappa shape index (κ1) is 15.4. The Morgan fingerprint density at radius 1 is 1.43 bits per heavy atom. The van der Waals surface area contributed by atoms with Crippen LogP contribution in [-0.2, 0) is 6.54 Å². The molecule has 2 aromatic rings. The summed E-state index contributed by atoms with van der Waals surface area (Å²) in [5, 5.41) is 0. The number of benzene rings is 1. The third kappa shape index (κ3) is 3.21. The van der Waals surface area contributed by atoms with Gasteiger partial charge in [0.15, 0.2) is 5.78 Å². The van der Waals surface area contributed by atoms with E-state index in [-0.39, 0.29) is 11.3 Å². The lowest BCUT2D eigenvalue weighted by atomic mass is 10.1. The monoisotopic (exact) mass is 350 g/mol. The van der Waals surface area contributed by atoms with Gasteiger partial charge in [0.05, 0.1) is 13.7 Å². The minimum Gasteiger partial charge on any atom is -0.496 e. The number of halogens is 1. The zero-order chi connectivity index (χ0) is 15.6. The van der Waals surface area contributed by atoms with Crippen LogP contribution in [0.1, 0.15) is 28.7 Å². The number of aryl methyl sites for hydroxylation is 1. The van der Waals surface area contributed by atoms with Gasteiger partial charge in [0.2, 0.25) is 0 Å². The number of nitrogens with zero attached hydrogens (tertiary/aromatic N) is 2. The van der Waals surface area contributed by atoms with Gasteiger partial charge in [-0.3, -0.25) is 14.2 Å². The summed E-state index contributed by atoms with van der Waals surface area (Å²) in [5.74, 6) is 1.19. The molecule has 0 N–H and O–H groups in total. The van der Waals surface area contributed by atoms with Gasteiger partial charge in [-0.25, -0.2) is 4.98 Å². The van der Waals surface area contributed by atoms with Crippen molar-refractivity contribution in [3.05, 3.63) is 56.2 Å². The maximum atomic E-state index is 12.2. The highest BCUT2D eigenvalue weighted by molar-refractivity contribution is 9.10. The predicted molar refractivity (Wildman–Crippen MR) is 83.0 cm³/mol. The maximum absolute atomic E-state index is 12.2. The van der Waals surface area contributed by atoms with Crippen LogP contribution >= 0.6 is 15.9 Å². The summed E-state index contributed by atoms with van der Waals surface area (Å²) in [6, 6.07) is 5.19. The smallest absolute Gasteiger partial charge is 0.268 e. The van der Waals surface area contributed by atoms with Gasteiger partial charge in [-0.05, 0) is 48.0 Å². The van der Waals surface area contributed by atoms with Gasteiger partial charge < -0.3 is 4.74 Å². The molecule has 0 unspecified atom stereocenters. The second-order valence-electron chi connectivity index (χ2n) is 4.63. The Hall–Kier alpha value is -1.95. The largest absolute Gasteiger partial charge is 0.496 e. The molecular formula is C15H15BrN2O3. The molecule has 0 saturated carbocycles. The van der Waals surface area contributed by atoms with Gasteiger partial charge in [-0.15, -0.1) is 0 Å². The Kier molecular flexibility index (Phi) is 4.57. The minimum atomic E-state index is -0.169. The molecule has 0 fully saturated rings. The van der Waals surface area contributed by atoms with Crippen LogP contribution in [0.2, 0.25) is 0 Å². The van der Waals surface area contributed by atoms with Crippen molar-refractivity contribution in [1.29, 1.82) is 0 Å². The zero-order valence-electron chi connectivity index (χ0n) is 12.0. The summed E-state index contributed by atoms with van der Waals surface area (Å²) in [4.78, 5) is 27.8. The number of methoxy groups -OCH3 is 1. The lowest BCUT2D eigenvalue weighted by Crippen LogP contribution is -2.24. The van der Waals surface area contributed by atoms with Crippen molar-refractivity contribution in [2.45, 2.75) is 20.4 Å². The van der Waals surface area contributed by atoms with E-state index in [1.54, 1.807) is 32.2 Å². The fourth-order valence-corrected chi connectivity index (χ4v) is 2.35. The van der Waals surface area contributed by atoms with Gasteiger partial charge >= 0.3 is 0 Å². The summed E-state index contributed by atoms with van der Waals surface area (Å²) in [5.41, 5.74) is 1.17. The van der Waals surface area contributed by atoms with E-state index in [0.29, 0.717) is 28.2 Å². The first-order valence-corrected chi connectivity index (χ1v) is 7.13. The normalized spacial score (nSPS) is 10.5. The Morgan fingerprint density at radius 2 is 2.14 bits per heavy atom. The Labute approximate surface area is 130 Å². The van der Waals surface area contributed by atoms with Crippen LogP contribution in [0.5, 0.6) is 5.75 Å². The van der Waals surface area contributed by atoms with E-state index < -0.39 is 0 Å². The van der Waals surface area contributed by atoms with E-state index >= 15 is 0 Å². The number of aromatic nitrogens is 2. The van der Waals surface area contributed by atoms with Crippen molar-refractivity contribution in [2.24, 2.45) is 0 Å². The van der Waals surface area contributed by atoms with Crippen LogP contribution in [-0.4, -0.2) is 22.4 Å². The van der Waals surface area contributed by atoms with E-state index in [0.717, 1.165) is 5.56 Å². The van der Waals surface area contributed by atoms with E-state index in [2.05, 4.69) is 20.9 Å². The van der Waals surface area contributed by atoms with E-state index in [4.69, 9.17) is 4.74 Å². The fraction of sp³-hybridized carbons (Fsp3) is 0.267. The van der Waals surface area contributed by atoms with Gasteiger partial charge in [0, 0.05) is 17.3 Å². The van der Waals surface area contributed by atoms with Crippen molar-refractivity contribution in [1.82, 2.24) is 9.55 Å². The number of ketones is 1. The number of ether oxygens (including phenoxy) is 1. The lowest BCUT2D eigenvalue weighted by molar-refractivity contribution is 0.101. The van der Waals surface area contributed by atoms with Crippen LogP contribution in [0.4, 0.5) is 0 Å². The standard InChI is InChI=1S/C15H15BrN2O3/c1-9(19)11-4-5-14(21-3)12(6-11)8-18-10(2)17-7-13(16)15(18)20/h4-7H,8H2,1-3H3. The van der Waals surface area contributed by atoms with Gasteiger partial charge in [-0.2, -0.15) is 0 Å². The van der Waals surface area contributed by atoms with Crippen molar-refractivity contribution >= 4 is 21.7 Å². The molecule has 0 radical (unpaired) electrons. The molecule has 2 rings (SSSR count). The third-order valence-corrected chi connectivity index (χ3v) is 3.76. The first-order valence-electron chi connectivity index (χ1n) is 6.34. The molecule has 5 nitrogen and oxygen atoms in total. The molecule has 1 aromatic carbocycles. The Balaban J connectivity index is 2.53. The molecule has 6 heteroatoms. The van der Waals surface area contributed by atoms with Crippen LogP contribution < -0.4 is 10.3 Å². The van der Waals surface area contributed by atoms with Crippen molar-refractivity contribution < 1.29 is 9.53 Å². The zero-order valence-corrected chi connectivity index (χ0v) is 13.6. The Bertz CT molecular complexity index is 753. The second-order valence-corrected chi connectivity index (χ2v) is 5.48. The molecule has 0 aliphatic carbocycles. The molecule has 1 heterocycles. The van der Waals surface area contributed by atoms with Crippen molar-refractivity contribution in [2.75, 3.05) is 7.11 Å².